The fourth-order valence-corrected chi connectivity index (χ4v) is 11.9. The summed E-state index contributed by atoms with van der Waals surface area (Å²) in [6.07, 6.45) is 1.58. The Kier molecular flexibility index (Phi) is 7.14. The number of rotatable bonds is 4. The Balaban J connectivity index is 1.03. The van der Waals surface area contributed by atoms with Crippen LogP contribution >= 0.6 is 11.3 Å². The minimum absolute atomic E-state index is 0.387. The SMILES string of the molecule is Cc1ccccc1-c1cc2c(cc1-c1ccc3c(c1Nc1ccccc1)OC1=C(O3)C3=C(CC1)C1(c4ccccc43)c3ccccc3-c3ccccc31)sc1ccccc12. The van der Waals surface area contributed by atoms with Gasteiger partial charge in [0.05, 0.1) is 11.1 Å². The molecule has 1 aromatic heterocycles. The molecule has 4 aliphatic rings. The number of aryl methyl sites for hydroxylation is 1. The molecule has 0 saturated heterocycles. The summed E-state index contributed by atoms with van der Waals surface area (Å²) in [5, 5.41) is 6.41. The van der Waals surface area contributed by atoms with E-state index in [1.54, 1.807) is 0 Å². The van der Waals surface area contributed by atoms with Crippen molar-refractivity contribution in [2.45, 2.75) is 25.2 Å². The lowest BCUT2D eigenvalue weighted by molar-refractivity contribution is 0.292. The number of anilines is 2. The van der Waals surface area contributed by atoms with Crippen LogP contribution in [0.2, 0.25) is 0 Å². The lowest BCUT2D eigenvalue weighted by Gasteiger charge is -2.35. The maximum atomic E-state index is 7.28. The van der Waals surface area contributed by atoms with E-state index >= 15 is 0 Å². The zero-order chi connectivity index (χ0) is 39.5. The molecule has 0 radical (unpaired) electrons. The smallest absolute Gasteiger partial charge is 0.193 e. The van der Waals surface area contributed by atoms with Gasteiger partial charge in [0.2, 0.25) is 0 Å². The predicted octanol–water partition coefficient (Wildman–Crippen LogP) is 15.0. The highest BCUT2D eigenvalue weighted by molar-refractivity contribution is 7.25. The van der Waals surface area contributed by atoms with Crippen LogP contribution < -0.4 is 14.8 Å². The molecule has 2 heterocycles. The van der Waals surface area contributed by atoms with Gasteiger partial charge in [-0.1, -0.05) is 133 Å². The molecule has 0 amide bonds. The Morgan fingerprint density at radius 1 is 0.500 bits per heavy atom. The Morgan fingerprint density at radius 3 is 1.90 bits per heavy atom. The number of hydrogen-bond donors (Lipinski definition) is 1. The van der Waals surface area contributed by atoms with Crippen LogP contribution in [0.4, 0.5) is 11.4 Å². The molecule has 1 N–H and O–H groups in total. The summed E-state index contributed by atoms with van der Waals surface area (Å²) in [6.45, 7) is 2.20. The monoisotopic (exact) mass is 787 g/mol. The third kappa shape index (κ3) is 4.60. The predicted molar refractivity (Wildman–Crippen MR) is 247 cm³/mol. The number of ether oxygens (including phenoxy) is 2. The zero-order valence-electron chi connectivity index (χ0n) is 32.9. The molecule has 4 heteroatoms. The summed E-state index contributed by atoms with van der Waals surface area (Å²) >= 11 is 1.85. The molecule has 9 aromatic rings. The molecule has 0 atom stereocenters. The van der Waals surface area contributed by atoms with E-state index in [9.17, 15) is 0 Å². The molecule has 0 unspecified atom stereocenters. The second-order valence-electron chi connectivity index (χ2n) is 16.3. The van der Waals surface area contributed by atoms with Crippen molar-refractivity contribution in [1.29, 1.82) is 0 Å². The highest BCUT2D eigenvalue weighted by Crippen LogP contribution is 2.66. The van der Waals surface area contributed by atoms with Crippen LogP contribution in [0, 0.1) is 6.92 Å². The molecule has 1 spiro atoms. The first-order chi connectivity index (χ1) is 29.7. The van der Waals surface area contributed by atoms with Gasteiger partial charge < -0.3 is 14.8 Å². The molecular weight excluding hydrogens is 751 g/mol. The number of hydrogen-bond acceptors (Lipinski definition) is 4. The van der Waals surface area contributed by atoms with Crippen molar-refractivity contribution in [3.8, 4) is 44.9 Å². The van der Waals surface area contributed by atoms with E-state index < -0.39 is 0 Å². The van der Waals surface area contributed by atoms with E-state index in [0.29, 0.717) is 11.5 Å². The second kappa shape index (κ2) is 12.7. The second-order valence-corrected chi connectivity index (χ2v) is 17.4. The lowest BCUT2D eigenvalue weighted by Crippen LogP contribution is -2.29. The van der Waals surface area contributed by atoms with Crippen LogP contribution in [0.15, 0.2) is 193 Å². The van der Waals surface area contributed by atoms with Gasteiger partial charge in [-0.15, -0.1) is 11.3 Å². The number of fused-ring (bicyclic) bond motifs is 14. The van der Waals surface area contributed by atoms with Crippen molar-refractivity contribution in [3.63, 3.8) is 0 Å². The van der Waals surface area contributed by atoms with Gasteiger partial charge in [-0.3, -0.25) is 0 Å². The van der Waals surface area contributed by atoms with Crippen LogP contribution in [0.3, 0.4) is 0 Å². The van der Waals surface area contributed by atoms with Crippen molar-refractivity contribution in [2.75, 3.05) is 5.32 Å². The van der Waals surface area contributed by atoms with E-state index in [1.807, 2.05) is 11.3 Å². The highest BCUT2D eigenvalue weighted by atomic mass is 32.1. The molecule has 8 aromatic carbocycles. The van der Waals surface area contributed by atoms with Gasteiger partial charge in [-0.2, -0.15) is 0 Å². The van der Waals surface area contributed by atoms with Crippen LogP contribution in [-0.4, -0.2) is 0 Å². The maximum Gasteiger partial charge on any atom is 0.193 e. The first-order valence-electron chi connectivity index (χ1n) is 20.8. The fourth-order valence-electron chi connectivity index (χ4n) is 10.7. The molecule has 13 rings (SSSR count). The average molecular weight is 788 g/mol. The van der Waals surface area contributed by atoms with Crippen LogP contribution in [-0.2, 0) is 5.41 Å². The van der Waals surface area contributed by atoms with Gasteiger partial charge in [-0.25, -0.2) is 0 Å². The van der Waals surface area contributed by atoms with Gasteiger partial charge in [-0.05, 0) is 117 Å². The van der Waals surface area contributed by atoms with Gasteiger partial charge in [0.15, 0.2) is 17.3 Å². The van der Waals surface area contributed by atoms with Gasteiger partial charge in [0.1, 0.15) is 5.76 Å². The average Bonchev–Trinajstić information content (AvgIpc) is 3.92. The van der Waals surface area contributed by atoms with Crippen LogP contribution in [0.25, 0.3) is 59.1 Å². The van der Waals surface area contributed by atoms with Crippen molar-refractivity contribution < 1.29 is 9.47 Å². The van der Waals surface area contributed by atoms with Gasteiger partial charge in [0, 0.05) is 43.4 Å². The summed E-state index contributed by atoms with van der Waals surface area (Å²) in [4.78, 5) is 0. The fraction of sp³-hybridized carbons (Fsp3) is 0.0714. The Hall–Kier alpha value is -7.14. The molecule has 60 heavy (non-hydrogen) atoms. The van der Waals surface area contributed by atoms with Crippen molar-refractivity contribution in [2.24, 2.45) is 0 Å². The van der Waals surface area contributed by atoms with E-state index in [-0.39, 0.29) is 5.41 Å². The molecular formula is C56H37NO2S. The molecule has 0 fully saturated rings. The maximum absolute atomic E-state index is 7.28. The minimum Gasteiger partial charge on any atom is -0.452 e. The normalized spacial score (nSPS) is 15.2. The van der Waals surface area contributed by atoms with Crippen molar-refractivity contribution in [3.05, 3.63) is 221 Å². The quantitative estimate of drug-likeness (QED) is 0.193. The van der Waals surface area contributed by atoms with Crippen molar-refractivity contribution in [1.82, 2.24) is 0 Å². The molecule has 3 aliphatic carbocycles. The highest BCUT2D eigenvalue weighted by Gasteiger charge is 2.55. The van der Waals surface area contributed by atoms with E-state index in [1.165, 1.54) is 81.4 Å². The third-order valence-electron chi connectivity index (χ3n) is 13.2. The topological polar surface area (TPSA) is 30.5 Å². The molecule has 3 nitrogen and oxygen atoms in total. The Morgan fingerprint density at radius 2 is 1.13 bits per heavy atom. The number of thiophene rings is 1. The van der Waals surface area contributed by atoms with Gasteiger partial charge in [0.25, 0.3) is 0 Å². The molecule has 1 aliphatic heterocycles. The number of para-hydroxylation sites is 1. The molecule has 0 saturated carbocycles. The number of benzene rings is 8. The number of allylic oxidation sites excluding steroid dienone is 3. The summed E-state index contributed by atoms with van der Waals surface area (Å²) in [5.74, 6) is 3.13. The summed E-state index contributed by atoms with van der Waals surface area (Å²) in [5.41, 5.74) is 17.7. The first kappa shape index (κ1) is 33.8. The van der Waals surface area contributed by atoms with E-state index in [4.69, 9.17) is 9.47 Å². The van der Waals surface area contributed by atoms with E-state index in [0.717, 1.165) is 46.9 Å². The zero-order valence-corrected chi connectivity index (χ0v) is 33.7. The first-order valence-corrected chi connectivity index (χ1v) is 21.6. The minimum atomic E-state index is -0.387. The van der Waals surface area contributed by atoms with E-state index in [2.05, 4.69) is 188 Å². The third-order valence-corrected chi connectivity index (χ3v) is 14.4. The Labute approximate surface area is 352 Å². The lowest BCUT2D eigenvalue weighted by atomic mass is 9.68. The summed E-state index contributed by atoms with van der Waals surface area (Å²) in [6, 6.07) is 63.9. The number of nitrogens with one attached hydrogen (secondary N) is 1. The van der Waals surface area contributed by atoms with Crippen molar-refractivity contribution >= 4 is 48.5 Å². The summed E-state index contributed by atoms with van der Waals surface area (Å²) < 4.78 is 17.1. The molecule has 0 bridgehead atoms. The van der Waals surface area contributed by atoms with Crippen LogP contribution in [0.1, 0.15) is 40.7 Å². The Bertz CT molecular complexity index is 3320. The standard InChI is InChI=1S/C56H37NO2S/c1-33-15-5-6-18-35(33)41-31-43-38-21-10-14-26-50(38)60-51(43)32-42(41)39-27-29-49-55(53(39)57-34-16-3-2-4-17-34)59-48-30-28-47-52(54(48)58-49)40-22-9-13-25-46(40)56(47)44-23-11-7-19-36(44)37-20-8-12-24-45(37)56/h2-27,29,31-32,57H,28,30H2,1H3. The van der Waals surface area contributed by atoms with Crippen LogP contribution in [0.5, 0.6) is 11.5 Å². The molecule has 284 valence electrons. The summed E-state index contributed by atoms with van der Waals surface area (Å²) in [7, 11) is 0. The largest absolute Gasteiger partial charge is 0.452 e. The van der Waals surface area contributed by atoms with Gasteiger partial charge >= 0.3 is 0 Å².